The summed E-state index contributed by atoms with van der Waals surface area (Å²) in [6.45, 7) is 0.453. The monoisotopic (exact) mass is 421 g/mol. The van der Waals surface area contributed by atoms with E-state index < -0.39 is 5.51 Å². The van der Waals surface area contributed by atoms with E-state index in [4.69, 9.17) is 4.74 Å². The van der Waals surface area contributed by atoms with Crippen LogP contribution in [-0.4, -0.2) is 24.1 Å². The van der Waals surface area contributed by atoms with Crippen LogP contribution >= 0.6 is 11.9 Å². The Kier molecular flexibility index (Phi) is 8.39. The third-order valence-electron chi connectivity index (χ3n) is 6.96. The second kappa shape index (κ2) is 10.6. The van der Waals surface area contributed by atoms with Gasteiger partial charge in [-0.15, -0.1) is 0 Å². The van der Waals surface area contributed by atoms with Crippen molar-refractivity contribution in [1.29, 1.82) is 0 Å². The van der Waals surface area contributed by atoms with Crippen LogP contribution in [0.3, 0.4) is 0 Å². The van der Waals surface area contributed by atoms with Crippen LogP contribution in [0.1, 0.15) is 83.5 Å². The van der Waals surface area contributed by atoms with Crippen LogP contribution in [0.2, 0.25) is 0 Å². The topological polar surface area (TPSA) is 38.3 Å². The number of ether oxygens (including phenoxy) is 1. The van der Waals surface area contributed by atoms with Crippen molar-refractivity contribution in [1.82, 2.24) is 4.72 Å². The molecule has 3 aliphatic rings. The lowest BCUT2D eigenvalue weighted by Crippen LogP contribution is -2.31. The number of fused-ring (bicyclic) bond motifs is 2. The molecule has 0 radical (unpaired) electrons. The second-order valence-corrected chi connectivity index (χ2v) is 10.1. The standard InChI is InChI=1S/C21H34F3NO2S/c22-21(23,24)28-25-19-7-4-15(5-8-19)10-11-27-20(26)9-6-18-13-16-2-1-3-17(12-16)14-18/h15-19,25H,1-14H2. The van der Waals surface area contributed by atoms with Gasteiger partial charge in [0, 0.05) is 24.4 Å². The van der Waals surface area contributed by atoms with Crippen molar-refractivity contribution in [2.75, 3.05) is 6.61 Å². The fraction of sp³-hybridized carbons (Fsp3) is 0.952. The normalized spacial score (nSPS) is 33.5. The largest absolute Gasteiger partial charge is 0.466 e. The highest BCUT2D eigenvalue weighted by Gasteiger charge is 2.32. The first kappa shape index (κ1) is 22.3. The Morgan fingerprint density at radius 1 is 0.929 bits per heavy atom. The average molecular weight is 422 g/mol. The number of alkyl halides is 3. The molecule has 0 aromatic carbocycles. The predicted octanol–water partition coefficient (Wildman–Crippen LogP) is 6.23. The first-order valence-corrected chi connectivity index (χ1v) is 11.8. The molecule has 0 amide bonds. The summed E-state index contributed by atoms with van der Waals surface area (Å²) in [5.74, 6) is 2.88. The smallest absolute Gasteiger partial charge is 0.456 e. The molecule has 2 unspecified atom stereocenters. The van der Waals surface area contributed by atoms with Gasteiger partial charge in [-0.05, 0) is 81.5 Å². The maximum Gasteiger partial charge on any atom is 0.456 e. The lowest BCUT2D eigenvalue weighted by atomic mass is 9.67. The molecule has 0 aromatic rings. The number of hydrogen-bond acceptors (Lipinski definition) is 4. The van der Waals surface area contributed by atoms with Gasteiger partial charge in [0.1, 0.15) is 0 Å². The van der Waals surface area contributed by atoms with Crippen molar-refractivity contribution >= 4 is 17.9 Å². The minimum absolute atomic E-state index is 0.0691. The molecule has 2 atom stereocenters. The Morgan fingerprint density at radius 3 is 2.25 bits per heavy atom. The molecule has 3 rings (SSSR count). The molecule has 3 saturated carbocycles. The Labute approximate surface area is 171 Å². The number of rotatable bonds is 8. The zero-order valence-electron chi connectivity index (χ0n) is 16.6. The van der Waals surface area contributed by atoms with Gasteiger partial charge in [-0.25, -0.2) is 0 Å². The molecule has 2 bridgehead atoms. The quantitative estimate of drug-likeness (QED) is 0.372. The average Bonchev–Trinajstić information content (AvgIpc) is 2.65. The van der Waals surface area contributed by atoms with E-state index in [1.807, 2.05) is 0 Å². The Balaban J connectivity index is 1.22. The van der Waals surface area contributed by atoms with Crippen LogP contribution in [0.4, 0.5) is 13.2 Å². The van der Waals surface area contributed by atoms with Crippen LogP contribution < -0.4 is 4.72 Å². The van der Waals surface area contributed by atoms with E-state index in [-0.39, 0.29) is 24.0 Å². The molecule has 0 spiro atoms. The van der Waals surface area contributed by atoms with Crippen molar-refractivity contribution in [2.24, 2.45) is 23.7 Å². The highest BCUT2D eigenvalue weighted by Crippen LogP contribution is 2.43. The summed E-state index contributed by atoms with van der Waals surface area (Å²) >= 11 is -0.134. The molecule has 3 aliphatic carbocycles. The van der Waals surface area contributed by atoms with Gasteiger partial charge >= 0.3 is 11.5 Å². The number of carbonyl (C=O) groups excluding carboxylic acids is 1. The molecule has 7 heteroatoms. The van der Waals surface area contributed by atoms with E-state index in [2.05, 4.69) is 4.72 Å². The van der Waals surface area contributed by atoms with Gasteiger partial charge in [0.25, 0.3) is 0 Å². The van der Waals surface area contributed by atoms with Crippen molar-refractivity contribution in [3.8, 4) is 0 Å². The van der Waals surface area contributed by atoms with Gasteiger partial charge < -0.3 is 4.74 Å². The molecule has 162 valence electrons. The van der Waals surface area contributed by atoms with Crippen molar-refractivity contribution in [3.63, 3.8) is 0 Å². The Bertz CT molecular complexity index is 483. The minimum Gasteiger partial charge on any atom is -0.466 e. The highest BCUT2D eigenvalue weighted by molar-refractivity contribution is 7.98. The van der Waals surface area contributed by atoms with Gasteiger partial charge in [0.05, 0.1) is 6.61 Å². The SMILES string of the molecule is O=C(CCC1CC2CCCC(C2)C1)OCCC1CCC(NSC(F)(F)F)CC1. The van der Waals surface area contributed by atoms with Gasteiger partial charge in [0.2, 0.25) is 0 Å². The van der Waals surface area contributed by atoms with Crippen LogP contribution in [0.25, 0.3) is 0 Å². The Hall–Kier alpha value is -0.430. The van der Waals surface area contributed by atoms with E-state index in [9.17, 15) is 18.0 Å². The maximum absolute atomic E-state index is 12.2. The number of esters is 1. The summed E-state index contributed by atoms with van der Waals surface area (Å²) in [5, 5.41) is 0. The van der Waals surface area contributed by atoms with Gasteiger partial charge in [0.15, 0.2) is 0 Å². The molecule has 3 nitrogen and oxygen atoms in total. The van der Waals surface area contributed by atoms with Gasteiger partial charge in [-0.3, -0.25) is 9.52 Å². The molecular weight excluding hydrogens is 387 g/mol. The van der Waals surface area contributed by atoms with E-state index in [1.165, 1.54) is 38.5 Å². The van der Waals surface area contributed by atoms with Crippen molar-refractivity contribution in [2.45, 2.75) is 95.0 Å². The molecule has 0 aliphatic heterocycles. The summed E-state index contributed by atoms with van der Waals surface area (Å²) in [4.78, 5) is 12.1. The zero-order valence-corrected chi connectivity index (χ0v) is 17.5. The maximum atomic E-state index is 12.2. The summed E-state index contributed by atoms with van der Waals surface area (Å²) in [6, 6.07) is -0.0691. The second-order valence-electron chi connectivity index (χ2n) is 9.17. The molecule has 0 heterocycles. The van der Waals surface area contributed by atoms with Crippen LogP contribution in [0, 0.1) is 23.7 Å². The van der Waals surface area contributed by atoms with Crippen LogP contribution in [-0.2, 0) is 9.53 Å². The molecule has 0 saturated heterocycles. The van der Waals surface area contributed by atoms with E-state index >= 15 is 0 Å². The van der Waals surface area contributed by atoms with Crippen molar-refractivity contribution in [3.05, 3.63) is 0 Å². The first-order valence-electron chi connectivity index (χ1n) is 11.0. The molecule has 3 fully saturated rings. The van der Waals surface area contributed by atoms with E-state index in [1.54, 1.807) is 0 Å². The summed E-state index contributed by atoms with van der Waals surface area (Å²) in [6.07, 6.45) is 13.8. The first-order chi connectivity index (χ1) is 13.4. The summed E-state index contributed by atoms with van der Waals surface area (Å²) in [5.41, 5.74) is -4.22. The third-order valence-corrected chi connectivity index (χ3v) is 7.64. The zero-order chi connectivity index (χ0) is 20.0. The summed E-state index contributed by atoms with van der Waals surface area (Å²) < 4.78 is 44.6. The van der Waals surface area contributed by atoms with E-state index in [0.717, 1.165) is 50.4 Å². The lowest BCUT2D eigenvalue weighted by molar-refractivity contribution is -0.144. The molecule has 1 N–H and O–H groups in total. The highest BCUT2D eigenvalue weighted by atomic mass is 32.2. The van der Waals surface area contributed by atoms with Gasteiger partial charge in [-0.1, -0.05) is 19.3 Å². The number of halogens is 3. The molecule has 28 heavy (non-hydrogen) atoms. The fourth-order valence-electron chi connectivity index (χ4n) is 5.56. The third kappa shape index (κ3) is 7.77. The van der Waals surface area contributed by atoms with Crippen molar-refractivity contribution < 1.29 is 22.7 Å². The fourth-order valence-corrected chi connectivity index (χ4v) is 6.09. The summed E-state index contributed by atoms with van der Waals surface area (Å²) in [7, 11) is 0. The Morgan fingerprint density at radius 2 is 1.61 bits per heavy atom. The molecular formula is C21H34F3NO2S. The van der Waals surface area contributed by atoms with Crippen LogP contribution in [0.15, 0.2) is 0 Å². The van der Waals surface area contributed by atoms with E-state index in [0.29, 0.717) is 24.9 Å². The lowest BCUT2D eigenvalue weighted by Gasteiger charge is -2.39. The number of carbonyl (C=O) groups is 1. The molecule has 0 aromatic heterocycles. The number of hydrogen-bond donors (Lipinski definition) is 1. The minimum atomic E-state index is -4.22. The van der Waals surface area contributed by atoms with Gasteiger partial charge in [-0.2, -0.15) is 13.2 Å². The predicted molar refractivity (Wildman–Crippen MR) is 106 cm³/mol. The number of nitrogens with one attached hydrogen (secondary N) is 1. The van der Waals surface area contributed by atoms with Crippen LogP contribution in [0.5, 0.6) is 0 Å².